The van der Waals surface area contributed by atoms with E-state index in [9.17, 15) is 9.50 Å². The van der Waals surface area contributed by atoms with Gasteiger partial charge < -0.3 is 20.5 Å². The molecule has 0 amide bonds. The predicted molar refractivity (Wildman–Crippen MR) is 114 cm³/mol. The molecule has 7 heteroatoms. The summed E-state index contributed by atoms with van der Waals surface area (Å²) in [6.07, 6.45) is 6.07. The standard InChI is InChI=1S/C22H31FN4O2/c1-3-6-17(10-12-28)14-26-22(25-4-2)27-15-18-8-9-21(20(23)13-18)29-19-7-5-11-24-16-19/h5,7-9,11,13,16-17,28H,3-4,6,10,12,14-15H2,1-2H3,(H2,25,26,27). The highest BCUT2D eigenvalue weighted by molar-refractivity contribution is 5.79. The minimum atomic E-state index is -0.439. The van der Waals surface area contributed by atoms with Crippen LogP contribution in [-0.2, 0) is 6.54 Å². The maximum Gasteiger partial charge on any atom is 0.191 e. The molecule has 6 nitrogen and oxygen atoms in total. The largest absolute Gasteiger partial charge is 0.453 e. The maximum atomic E-state index is 14.4. The van der Waals surface area contributed by atoms with Crippen LogP contribution in [0.5, 0.6) is 11.5 Å². The lowest BCUT2D eigenvalue weighted by Gasteiger charge is -2.18. The first-order chi connectivity index (χ1) is 14.2. The van der Waals surface area contributed by atoms with Crippen molar-refractivity contribution >= 4 is 5.96 Å². The van der Waals surface area contributed by atoms with E-state index in [2.05, 4.69) is 27.5 Å². The second-order valence-electron chi connectivity index (χ2n) is 6.80. The Morgan fingerprint density at radius 2 is 2.10 bits per heavy atom. The van der Waals surface area contributed by atoms with E-state index in [-0.39, 0.29) is 12.4 Å². The fourth-order valence-corrected chi connectivity index (χ4v) is 2.95. The zero-order valence-electron chi connectivity index (χ0n) is 17.2. The molecule has 2 aromatic rings. The van der Waals surface area contributed by atoms with E-state index in [1.807, 2.05) is 6.92 Å². The third kappa shape index (κ3) is 8.07. The summed E-state index contributed by atoms with van der Waals surface area (Å²) in [5.41, 5.74) is 0.749. The third-order valence-electron chi connectivity index (χ3n) is 4.41. The lowest BCUT2D eigenvalue weighted by molar-refractivity contribution is 0.251. The number of nitrogens with zero attached hydrogens (tertiary/aromatic N) is 2. The van der Waals surface area contributed by atoms with Gasteiger partial charge in [-0.25, -0.2) is 9.38 Å². The predicted octanol–water partition coefficient (Wildman–Crippen LogP) is 3.87. The molecule has 0 aliphatic carbocycles. The lowest BCUT2D eigenvalue weighted by atomic mass is 10.0. The summed E-state index contributed by atoms with van der Waals surface area (Å²) in [7, 11) is 0. The van der Waals surface area contributed by atoms with Crippen LogP contribution in [0.4, 0.5) is 4.39 Å². The average Bonchev–Trinajstić information content (AvgIpc) is 2.73. The number of aliphatic hydroxyl groups excluding tert-OH is 1. The van der Waals surface area contributed by atoms with E-state index in [0.717, 1.165) is 37.9 Å². The number of hydrogen-bond donors (Lipinski definition) is 3. The van der Waals surface area contributed by atoms with Crippen LogP contribution < -0.4 is 15.4 Å². The van der Waals surface area contributed by atoms with Crippen LogP contribution in [0, 0.1) is 11.7 Å². The first kappa shape index (κ1) is 22.6. The zero-order chi connectivity index (χ0) is 20.9. The summed E-state index contributed by atoms with van der Waals surface area (Å²) in [5.74, 6) is 1.28. The second kappa shape index (κ2) is 12.7. The van der Waals surface area contributed by atoms with E-state index in [1.54, 1.807) is 30.5 Å². The van der Waals surface area contributed by atoms with Gasteiger partial charge in [0.2, 0.25) is 0 Å². The van der Waals surface area contributed by atoms with Crippen LogP contribution >= 0.6 is 0 Å². The summed E-state index contributed by atoms with van der Waals surface area (Å²) in [5, 5.41) is 15.7. The molecular formula is C22H31FN4O2. The average molecular weight is 403 g/mol. The number of ether oxygens (including phenoxy) is 1. The number of aliphatic imine (C=N–C) groups is 1. The van der Waals surface area contributed by atoms with E-state index in [0.29, 0.717) is 24.2 Å². The van der Waals surface area contributed by atoms with Crippen molar-refractivity contribution in [3.05, 3.63) is 54.1 Å². The lowest BCUT2D eigenvalue weighted by Crippen LogP contribution is -2.40. The molecule has 1 atom stereocenters. The van der Waals surface area contributed by atoms with Gasteiger partial charge in [0, 0.05) is 25.9 Å². The van der Waals surface area contributed by atoms with Crippen LogP contribution in [-0.4, -0.2) is 35.7 Å². The van der Waals surface area contributed by atoms with Crippen LogP contribution in [0.2, 0.25) is 0 Å². The fourth-order valence-electron chi connectivity index (χ4n) is 2.95. The molecule has 1 aromatic heterocycles. The van der Waals surface area contributed by atoms with E-state index >= 15 is 0 Å². The van der Waals surface area contributed by atoms with Crippen molar-refractivity contribution in [2.75, 3.05) is 19.7 Å². The molecule has 1 heterocycles. The second-order valence-corrected chi connectivity index (χ2v) is 6.80. The Morgan fingerprint density at radius 1 is 1.24 bits per heavy atom. The molecule has 0 radical (unpaired) electrons. The van der Waals surface area contributed by atoms with E-state index in [1.165, 1.54) is 12.3 Å². The van der Waals surface area contributed by atoms with Crippen molar-refractivity contribution in [1.82, 2.24) is 15.6 Å². The molecule has 3 N–H and O–H groups in total. The van der Waals surface area contributed by atoms with Crippen molar-refractivity contribution < 1.29 is 14.2 Å². The number of rotatable bonds is 11. The van der Waals surface area contributed by atoms with Gasteiger partial charge >= 0.3 is 0 Å². The number of aromatic nitrogens is 1. The Morgan fingerprint density at radius 3 is 2.76 bits per heavy atom. The summed E-state index contributed by atoms with van der Waals surface area (Å²) >= 11 is 0. The van der Waals surface area contributed by atoms with Crippen molar-refractivity contribution in [1.29, 1.82) is 0 Å². The van der Waals surface area contributed by atoms with Gasteiger partial charge in [0.1, 0.15) is 5.75 Å². The Balaban J connectivity index is 1.98. The number of guanidine groups is 1. The summed E-state index contributed by atoms with van der Waals surface area (Å²) in [4.78, 5) is 8.50. The molecule has 0 fully saturated rings. The van der Waals surface area contributed by atoms with Gasteiger partial charge in [0.05, 0.1) is 12.7 Å². The third-order valence-corrected chi connectivity index (χ3v) is 4.41. The molecule has 2 rings (SSSR count). The van der Waals surface area contributed by atoms with Crippen LogP contribution in [0.1, 0.15) is 38.7 Å². The molecular weight excluding hydrogens is 371 g/mol. The molecule has 158 valence electrons. The minimum absolute atomic E-state index is 0.155. The van der Waals surface area contributed by atoms with Crippen LogP contribution in [0.25, 0.3) is 0 Å². The topological polar surface area (TPSA) is 78.8 Å². The Kier molecular flexibility index (Phi) is 9.92. The first-order valence-electron chi connectivity index (χ1n) is 10.2. The van der Waals surface area contributed by atoms with Crippen LogP contribution in [0.3, 0.4) is 0 Å². The fraction of sp³-hybridized carbons (Fsp3) is 0.455. The molecule has 1 aromatic carbocycles. The molecule has 0 saturated carbocycles. The number of benzene rings is 1. The molecule has 1 unspecified atom stereocenters. The Hall–Kier alpha value is -2.67. The quantitative estimate of drug-likeness (QED) is 0.393. The first-order valence-corrected chi connectivity index (χ1v) is 10.2. The summed E-state index contributed by atoms with van der Waals surface area (Å²) in [6, 6.07) is 8.29. The smallest absolute Gasteiger partial charge is 0.191 e. The van der Waals surface area contributed by atoms with Gasteiger partial charge in [0.15, 0.2) is 17.5 Å². The van der Waals surface area contributed by atoms with E-state index < -0.39 is 5.82 Å². The van der Waals surface area contributed by atoms with E-state index in [4.69, 9.17) is 4.74 Å². The van der Waals surface area contributed by atoms with Gasteiger partial charge in [-0.1, -0.05) is 19.4 Å². The van der Waals surface area contributed by atoms with Crippen molar-refractivity contribution in [3.63, 3.8) is 0 Å². The number of nitrogens with one attached hydrogen (secondary N) is 2. The number of hydrogen-bond acceptors (Lipinski definition) is 4. The molecule has 0 spiro atoms. The molecule has 0 bridgehead atoms. The summed E-state index contributed by atoms with van der Waals surface area (Å²) < 4.78 is 19.9. The highest BCUT2D eigenvalue weighted by atomic mass is 19.1. The monoisotopic (exact) mass is 402 g/mol. The van der Waals surface area contributed by atoms with Gasteiger partial charge in [-0.05, 0) is 55.5 Å². The minimum Gasteiger partial charge on any atom is -0.453 e. The number of pyridine rings is 1. The SMILES string of the molecule is CCCC(CCO)CNC(=NCc1ccc(Oc2cccnc2)c(F)c1)NCC. The van der Waals surface area contributed by atoms with Gasteiger partial charge in [0.25, 0.3) is 0 Å². The van der Waals surface area contributed by atoms with Gasteiger partial charge in [-0.15, -0.1) is 0 Å². The summed E-state index contributed by atoms with van der Waals surface area (Å²) in [6.45, 7) is 6.15. The Labute approximate surface area is 172 Å². The van der Waals surface area contributed by atoms with Gasteiger partial charge in [-0.2, -0.15) is 0 Å². The zero-order valence-corrected chi connectivity index (χ0v) is 17.2. The maximum absolute atomic E-state index is 14.4. The Bertz CT molecular complexity index is 750. The van der Waals surface area contributed by atoms with Crippen LogP contribution in [0.15, 0.2) is 47.7 Å². The highest BCUT2D eigenvalue weighted by Crippen LogP contribution is 2.24. The van der Waals surface area contributed by atoms with Crippen molar-refractivity contribution in [2.24, 2.45) is 10.9 Å². The molecule has 0 aliphatic rings. The van der Waals surface area contributed by atoms with Crippen molar-refractivity contribution in [3.8, 4) is 11.5 Å². The van der Waals surface area contributed by atoms with Gasteiger partial charge in [-0.3, -0.25) is 4.98 Å². The molecule has 0 saturated heterocycles. The normalized spacial score (nSPS) is 12.5. The van der Waals surface area contributed by atoms with Crippen molar-refractivity contribution in [2.45, 2.75) is 39.7 Å². The molecule has 0 aliphatic heterocycles. The number of aliphatic hydroxyl groups is 1. The molecule has 29 heavy (non-hydrogen) atoms. The highest BCUT2D eigenvalue weighted by Gasteiger charge is 2.09. The number of halogens is 1.